The van der Waals surface area contributed by atoms with Gasteiger partial charge in [-0.25, -0.2) is 0 Å². The molecule has 1 rings (SSSR count). The van der Waals surface area contributed by atoms with Gasteiger partial charge in [0, 0.05) is 12.2 Å². The Hall–Kier alpha value is -1.35. The third-order valence-electron chi connectivity index (χ3n) is 2.34. The first-order valence-electron chi connectivity index (χ1n) is 5.68. The second kappa shape index (κ2) is 7.01. The van der Waals surface area contributed by atoms with E-state index in [1.165, 1.54) is 0 Å². The molecule has 88 valence electrons. The molecule has 0 saturated heterocycles. The molecule has 0 amide bonds. The molecule has 1 aromatic heterocycles. The van der Waals surface area contributed by atoms with Gasteiger partial charge >= 0.3 is 0 Å². The Morgan fingerprint density at radius 2 is 2.31 bits per heavy atom. The number of hydrogen-bond donors (Lipinski definition) is 1. The predicted molar refractivity (Wildman–Crippen MR) is 67.6 cm³/mol. The van der Waals surface area contributed by atoms with E-state index >= 15 is 0 Å². The number of ether oxygens (including phenoxy) is 1. The highest BCUT2D eigenvalue weighted by Gasteiger charge is 1.95. The molecule has 3 nitrogen and oxygen atoms in total. The molecule has 1 atom stereocenters. The molecule has 3 heteroatoms. The normalized spacial score (nSPS) is 12.9. The van der Waals surface area contributed by atoms with E-state index in [-0.39, 0.29) is 0 Å². The van der Waals surface area contributed by atoms with E-state index in [1.807, 2.05) is 26.2 Å². The lowest BCUT2D eigenvalue weighted by molar-refractivity contribution is 0.339. The second-order valence-electron chi connectivity index (χ2n) is 3.71. The molecular weight excluding hydrogens is 200 g/mol. The molecule has 1 aromatic rings. The van der Waals surface area contributed by atoms with E-state index in [4.69, 9.17) is 4.74 Å². The van der Waals surface area contributed by atoms with Gasteiger partial charge in [0.15, 0.2) is 0 Å². The Morgan fingerprint density at radius 3 is 3.00 bits per heavy atom. The molecule has 1 N–H and O–H groups in total. The smallest absolute Gasteiger partial charge is 0.138 e. The van der Waals surface area contributed by atoms with Crippen molar-refractivity contribution in [1.82, 2.24) is 10.3 Å². The molecule has 0 spiro atoms. The summed E-state index contributed by atoms with van der Waals surface area (Å²) in [7, 11) is 1.97. The highest BCUT2D eigenvalue weighted by molar-refractivity contribution is 5.49. The Balaban J connectivity index is 2.55. The van der Waals surface area contributed by atoms with Crippen molar-refractivity contribution in [2.75, 3.05) is 13.7 Å². The molecule has 0 bridgehead atoms. The molecule has 0 fully saturated rings. The van der Waals surface area contributed by atoms with Gasteiger partial charge in [0.25, 0.3) is 0 Å². The van der Waals surface area contributed by atoms with Crippen LogP contribution in [0, 0.1) is 0 Å². The van der Waals surface area contributed by atoms with Gasteiger partial charge in [0.1, 0.15) is 5.75 Å². The maximum absolute atomic E-state index is 5.39. The fraction of sp³-hybridized carbons (Fsp3) is 0.462. The van der Waals surface area contributed by atoms with Gasteiger partial charge in [-0.05, 0) is 38.9 Å². The summed E-state index contributed by atoms with van der Waals surface area (Å²) >= 11 is 0. The first kappa shape index (κ1) is 12.7. The largest absolute Gasteiger partial charge is 0.492 e. The van der Waals surface area contributed by atoms with Crippen molar-refractivity contribution >= 4 is 6.08 Å². The standard InChI is InChI=1S/C13H20N2O/c1-4-16-13-8-12(9-15-10-13)7-5-6-11(2)14-3/h5,7-11,14H,4,6H2,1-3H3/t11-/m0/s1. The maximum atomic E-state index is 5.39. The Labute approximate surface area is 97.5 Å². The van der Waals surface area contributed by atoms with E-state index in [9.17, 15) is 0 Å². The van der Waals surface area contributed by atoms with Crippen LogP contribution >= 0.6 is 0 Å². The van der Waals surface area contributed by atoms with Crippen LogP contribution < -0.4 is 10.1 Å². The SMILES string of the molecule is CCOc1cncc(C=CC[C@H](C)NC)c1. The summed E-state index contributed by atoms with van der Waals surface area (Å²) in [6, 6.07) is 2.50. The van der Waals surface area contributed by atoms with Crippen LogP contribution in [0.4, 0.5) is 0 Å². The van der Waals surface area contributed by atoms with Crippen LogP contribution in [0.5, 0.6) is 5.75 Å². The lowest BCUT2D eigenvalue weighted by atomic mass is 10.2. The summed E-state index contributed by atoms with van der Waals surface area (Å²) in [6.45, 7) is 4.79. The van der Waals surface area contributed by atoms with Crippen LogP contribution in [-0.4, -0.2) is 24.7 Å². The molecular formula is C13H20N2O. The average Bonchev–Trinajstić information content (AvgIpc) is 2.30. The van der Waals surface area contributed by atoms with Gasteiger partial charge in [0.2, 0.25) is 0 Å². The molecule has 0 radical (unpaired) electrons. The summed E-state index contributed by atoms with van der Waals surface area (Å²) in [4.78, 5) is 4.13. The first-order chi connectivity index (χ1) is 7.76. The Bertz CT molecular complexity index is 336. The minimum atomic E-state index is 0.499. The zero-order chi connectivity index (χ0) is 11.8. The van der Waals surface area contributed by atoms with Gasteiger partial charge in [-0.3, -0.25) is 4.98 Å². The monoisotopic (exact) mass is 220 g/mol. The molecule has 0 aliphatic carbocycles. The van der Waals surface area contributed by atoms with Gasteiger partial charge in [-0.2, -0.15) is 0 Å². The number of nitrogens with one attached hydrogen (secondary N) is 1. The van der Waals surface area contributed by atoms with Crippen LogP contribution in [0.25, 0.3) is 6.08 Å². The van der Waals surface area contributed by atoms with Crippen molar-refractivity contribution in [3.05, 3.63) is 30.1 Å². The minimum absolute atomic E-state index is 0.499. The van der Waals surface area contributed by atoms with Crippen molar-refractivity contribution < 1.29 is 4.74 Å². The molecule has 0 aliphatic heterocycles. The predicted octanol–water partition coefficient (Wildman–Crippen LogP) is 2.49. The summed E-state index contributed by atoms with van der Waals surface area (Å²) in [5, 5.41) is 3.19. The summed E-state index contributed by atoms with van der Waals surface area (Å²) in [5.41, 5.74) is 1.08. The van der Waals surface area contributed by atoms with Crippen LogP contribution in [0.15, 0.2) is 24.5 Å². The van der Waals surface area contributed by atoms with E-state index in [2.05, 4.69) is 29.4 Å². The Kier molecular flexibility index (Phi) is 5.57. The number of hydrogen-bond acceptors (Lipinski definition) is 3. The van der Waals surface area contributed by atoms with Crippen molar-refractivity contribution in [3.8, 4) is 5.75 Å². The molecule has 0 aliphatic rings. The lowest BCUT2D eigenvalue weighted by Gasteiger charge is -2.05. The van der Waals surface area contributed by atoms with E-state index in [0.29, 0.717) is 12.6 Å². The third-order valence-corrected chi connectivity index (χ3v) is 2.34. The van der Waals surface area contributed by atoms with Gasteiger partial charge in [-0.1, -0.05) is 12.2 Å². The van der Waals surface area contributed by atoms with Crippen molar-refractivity contribution in [1.29, 1.82) is 0 Å². The lowest BCUT2D eigenvalue weighted by Crippen LogP contribution is -2.19. The summed E-state index contributed by atoms with van der Waals surface area (Å²) in [6.07, 6.45) is 8.80. The topological polar surface area (TPSA) is 34.1 Å². The summed E-state index contributed by atoms with van der Waals surface area (Å²) < 4.78 is 5.39. The highest BCUT2D eigenvalue weighted by Crippen LogP contribution is 2.12. The summed E-state index contributed by atoms with van der Waals surface area (Å²) in [5.74, 6) is 0.825. The molecule has 0 saturated carbocycles. The number of aromatic nitrogens is 1. The maximum Gasteiger partial charge on any atom is 0.138 e. The van der Waals surface area contributed by atoms with Gasteiger partial charge < -0.3 is 10.1 Å². The second-order valence-corrected chi connectivity index (χ2v) is 3.71. The van der Waals surface area contributed by atoms with E-state index in [1.54, 1.807) is 6.20 Å². The quantitative estimate of drug-likeness (QED) is 0.799. The molecule has 1 heterocycles. The zero-order valence-corrected chi connectivity index (χ0v) is 10.2. The van der Waals surface area contributed by atoms with Crippen LogP contribution in [-0.2, 0) is 0 Å². The zero-order valence-electron chi connectivity index (χ0n) is 10.2. The first-order valence-corrected chi connectivity index (χ1v) is 5.68. The minimum Gasteiger partial charge on any atom is -0.492 e. The highest BCUT2D eigenvalue weighted by atomic mass is 16.5. The van der Waals surface area contributed by atoms with Crippen molar-refractivity contribution in [2.45, 2.75) is 26.3 Å². The third kappa shape index (κ3) is 4.45. The van der Waals surface area contributed by atoms with Crippen molar-refractivity contribution in [3.63, 3.8) is 0 Å². The number of nitrogens with zero attached hydrogens (tertiary/aromatic N) is 1. The van der Waals surface area contributed by atoms with Gasteiger partial charge in [0.05, 0.1) is 12.8 Å². The molecule has 0 aromatic carbocycles. The van der Waals surface area contributed by atoms with Crippen LogP contribution in [0.3, 0.4) is 0 Å². The van der Waals surface area contributed by atoms with Gasteiger partial charge in [-0.15, -0.1) is 0 Å². The average molecular weight is 220 g/mol. The Morgan fingerprint density at radius 1 is 1.50 bits per heavy atom. The van der Waals surface area contributed by atoms with Crippen molar-refractivity contribution in [2.24, 2.45) is 0 Å². The molecule has 0 unspecified atom stereocenters. The number of pyridine rings is 1. The van der Waals surface area contributed by atoms with Crippen LogP contribution in [0.1, 0.15) is 25.8 Å². The fourth-order valence-electron chi connectivity index (χ4n) is 1.30. The van der Waals surface area contributed by atoms with E-state index in [0.717, 1.165) is 17.7 Å². The fourth-order valence-corrected chi connectivity index (χ4v) is 1.30. The number of rotatable bonds is 6. The van der Waals surface area contributed by atoms with Crippen LogP contribution in [0.2, 0.25) is 0 Å². The molecule has 16 heavy (non-hydrogen) atoms. The van der Waals surface area contributed by atoms with E-state index < -0.39 is 0 Å².